The van der Waals surface area contributed by atoms with Crippen LogP contribution in [0.4, 0.5) is 0 Å². The molecule has 88 heavy (non-hydrogen) atoms. The van der Waals surface area contributed by atoms with Gasteiger partial charge >= 0.3 is 5.97 Å². The molecule has 1 heterocycles. The lowest BCUT2D eigenvalue weighted by atomic mass is 9.99. The fraction of sp³-hybridized carbons (Fsp3) is 0.896. The molecular formula is C77H145NO10. The second-order valence-electron chi connectivity index (χ2n) is 26.7. The van der Waals surface area contributed by atoms with Crippen molar-refractivity contribution in [2.45, 2.75) is 423 Å². The van der Waals surface area contributed by atoms with Crippen molar-refractivity contribution in [3.05, 3.63) is 36.5 Å². The molecule has 0 radical (unpaired) electrons. The molecule has 0 saturated carbocycles. The molecule has 11 heteroatoms. The van der Waals surface area contributed by atoms with Gasteiger partial charge in [0, 0.05) is 12.8 Å². The molecular weight excluding hydrogens is 1100 g/mol. The summed E-state index contributed by atoms with van der Waals surface area (Å²) in [6.07, 6.45) is 75.7. The van der Waals surface area contributed by atoms with Gasteiger partial charge in [0.15, 0.2) is 6.29 Å². The first kappa shape index (κ1) is 83.9. The molecule has 7 unspecified atom stereocenters. The van der Waals surface area contributed by atoms with Crippen LogP contribution in [0.2, 0.25) is 0 Å². The Kier molecular flexibility index (Phi) is 63.2. The van der Waals surface area contributed by atoms with Crippen LogP contribution in [0.3, 0.4) is 0 Å². The van der Waals surface area contributed by atoms with Crippen molar-refractivity contribution in [1.82, 2.24) is 5.32 Å². The monoisotopic (exact) mass is 1240 g/mol. The van der Waals surface area contributed by atoms with Crippen LogP contribution in [0, 0.1) is 0 Å². The van der Waals surface area contributed by atoms with Crippen molar-refractivity contribution in [2.75, 3.05) is 19.8 Å². The van der Waals surface area contributed by atoms with Crippen LogP contribution in [-0.2, 0) is 23.8 Å². The lowest BCUT2D eigenvalue weighted by Gasteiger charge is -2.40. The highest BCUT2D eigenvalue weighted by Crippen LogP contribution is 2.24. The van der Waals surface area contributed by atoms with E-state index in [9.17, 15) is 35.1 Å². The molecule has 6 N–H and O–H groups in total. The van der Waals surface area contributed by atoms with E-state index in [1.165, 1.54) is 295 Å². The van der Waals surface area contributed by atoms with Gasteiger partial charge in [0.1, 0.15) is 24.4 Å². The van der Waals surface area contributed by atoms with Crippen molar-refractivity contribution in [3.63, 3.8) is 0 Å². The average Bonchev–Trinajstić information content (AvgIpc) is 3.68. The summed E-state index contributed by atoms with van der Waals surface area (Å²) in [5.74, 6) is -0.169. The molecule has 0 aliphatic carbocycles. The first-order valence-corrected chi connectivity index (χ1v) is 38.3. The maximum absolute atomic E-state index is 13.1. The number of nitrogens with one attached hydrogen (secondary N) is 1. The molecule has 0 bridgehead atoms. The van der Waals surface area contributed by atoms with Crippen LogP contribution < -0.4 is 5.32 Å². The summed E-state index contributed by atoms with van der Waals surface area (Å²) in [5.41, 5.74) is 0. The third kappa shape index (κ3) is 54.4. The Bertz CT molecular complexity index is 1560. The van der Waals surface area contributed by atoms with Crippen LogP contribution >= 0.6 is 0 Å². The van der Waals surface area contributed by atoms with E-state index in [-0.39, 0.29) is 18.5 Å². The number of carbonyl (C=O) groups excluding carboxylic acids is 2. The van der Waals surface area contributed by atoms with Crippen molar-refractivity contribution in [1.29, 1.82) is 0 Å². The number of esters is 1. The van der Waals surface area contributed by atoms with Gasteiger partial charge in [-0.05, 0) is 64.2 Å². The van der Waals surface area contributed by atoms with Gasteiger partial charge in [0.05, 0.1) is 32.0 Å². The fourth-order valence-corrected chi connectivity index (χ4v) is 12.2. The predicted octanol–water partition coefficient (Wildman–Crippen LogP) is 20.1. The molecule has 0 aromatic carbocycles. The van der Waals surface area contributed by atoms with Gasteiger partial charge in [0.25, 0.3) is 0 Å². The molecule has 7 atom stereocenters. The normalized spacial score (nSPS) is 17.9. The molecule has 1 saturated heterocycles. The van der Waals surface area contributed by atoms with Crippen molar-refractivity contribution in [3.8, 4) is 0 Å². The SMILES string of the molecule is CCCCCCCCCCCCCCC/C=C/C(O)C(COC1OC(CO)C(O)C(O)C1O)NC(=O)CCCCCCCCCCCCCCCCCCC/C=C\C/C=C\CCCCCCCCCCCOC(=O)CCCCCCCCCCCCCC. The number of hydrogen-bond donors (Lipinski definition) is 6. The number of aliphatic hydroxyl groups is 5. The summed E-state index contributed by atoms with van der Waals surface area (Å²) in [4.78, 5) is 25.1. The molecule has 1 amide bonds. The quantitative estimate of drug-likeness (QED) is 0.0195. The molecule has 1 fully saturated rings. The minimum Gasteiger partial charge on any atom is -0.466 e. The molecule has 0 spiro atoms. The molecule has 1 aliphatic rings. The van der Waals surface area contributed by atoms with Gasteiger partial charge < -0.3 is 45.1 Å². The topological polar surface area (TPSA) is 175 Å². The number of allylic oxidation sites excluding steroid dienone is 5. The summed E-state index contributed by atoms with van der Waals surface area (Å²) >= 11 is 0. The summed E-state index contributed by atoms with van der Waals surface area (Å²) in [7, 11) is 0. The number of rotatable bonds is 68. The van der Waals surface area contributed by atoms with Crippen LogP contribution in [0.25, 0.3) is 0 Å². The third-order valence-electron chi connectivity index (χ3n) is 18.2. The highest BCUT2D eigenvalue weighted by molar-refractivity contribution is 5.76. The highest BCUT2D eigenvalue weighted by atomic mass is 16.7. The van der Waals surface area contributed by atoms with Gasteiger partial charge in [-0.2, -0.15) is 0 Å². The largest absolute Gasteiger partial charge is 0.466 e. The zero-order valence-corrected chi connectivity index (χ0v) is 57.7. The number of unbranched alkanes of at least 4 members (excludes halogenated alkanes) is 50. The third-order valence-corrected chi connectivity index (χ3v) is 18.2. The van der Waals surface area contributed by atoms with Crippen molar-refractivity contribution >= 4 is 11.9 Å². The number of amides is 1. The predicted molar refractivity (Wildman–Crippen MR) is 371 cm³/mol. The first-order valence-electron chi connectivity index (χ1n) is 38.3. The van der Waals surface area contributed by atoms with Gasteiger partial charge in [-0.1, -0.05) is 339 Å². The zero-order chi connectivity index (χ0) is 63.7. The summed E-state index contributed by atoms with van der Waals surface area (Å²) in [6.45, 7) is 4.39. The summed E-state index contributed by atoms with van der Waals surface area (Å²) in [6, 6.07) is -0.809. The van der Waals surface area contributed by atoms with E-state index in [1.807, 2.05) is 6.08 Å². The molecule has 1 rings (SSSR count). The lowest BCUT2D eigenvalue weighted by Crippen LogP contribution is -2.60. The zero-order valence-electron chi connectivity index (χ0n) is 57.7. The smallest absolute Gasteiger partial charge is 0.305 e. The summed E-state index contributed by atoms with van der Waals surface area (Å²) < 4.78 is 16.8. The number of carbonyl (C=O) groups is 2. The Morgan fingerprint density at radius 1 is 0.420 bits per heavy atom. The summed E-state index contributed by atoms with van der Waals surface area (Å²) in [5, 5.41) is 54.6. The average molecular weight is 1250 g/mol. The minimum atomic E-state index is -1.57. The first-order chi connectivity index (χ1) is 43.2. The van der Waals surface area contributed by atoms with E-state index in [2.05, 4.69) is 43.5 Å². The molecule has 0 aromatic rings. The maximum atomic E-state index is 13.1. The van der Waals surface area contributed by atoms with Gasteiger partial charge in [-0.15, -0.1) is 0 Å². The second-order valence-corrected chi connectivity index (χ2v) is 26.7. The minimum absolute atomic E-state index is 0.00813. The highest BCUT2D eigenvalue weighted by Gasteiger charge is 2.44. The van der Waals surface area contributed by atoms with E-state index in [4.69, 9.17) is 14.2 Å². The van der Waals surface area contributed by atoms with E-state index in [0.717, 1.165) is 57.8 Å². The van der Waals surface area contributed by atoms with Crippen LogP contribution in [0.15, 0.2) is 36.5 Å². The number of aliphatic hydroxyl groups excluding tert-OH is 5. The molecule has 11 nitrogen and oxygen atoms in total. The Hall–Kier alpha value is -2.12. The number of ether oxygens (including phenoxy) is 3. The standard InChI is InChI=1S/C77H145NO10/c1-3-5-7-9-11-13-15-17-37-40-43-47-51-55-59-63-70(80)69(68-87-77-76(85)75(84)74(83)71(67-79)88-77)78-72(81)64-60-56-52-48-44-41-38-35-33-31-29-27-25-23-21-19-18-20-22-24-26-28-30-32-34-36-39-42-46-50-54-58-62-66-86-73(82)65-61-57-53-49-45-16-14-12-10-8-6-4-2/h22,24,28,30,59,63,69-71,74-77,79-80,83-85H,3-21,23,25-27,29,31-58,60-62,64-68H2,1-2H3,(H,78,81)/b24-22-,30-28-,63-59+. The van der Waals surface area contributed by atoms with E-state index in [1.54, 1.807) is 6.08 Å². The Morgan fingerprint density at radius 2 is 0.761 bits per heavy atom. The van der Waals surface area contributed by atoms with Gasteiger partial charge in [-0.25, -0.2) is 0 Å². The molecule has 1 aliphatic heterocycles. The van der Waals surface area contributed by atoms with Crippen LogP contribution in [-0.4, -0.2) is 100 Å². The van der Waals surface area contributed by atoms with Crippen LogP contribution in [0.1, 0.15) is 380 Å². The van der Waals surface area contributed by atoms with Crippen molar-refractivity contribution in [2.24, 2.45) is 0 Å². The second kappa shape index (κ2) is 66.3. The van der Waals surface area contributed by atoms with E-state index in [0.29, 0.717) is 19.4 Å². The van der Waals surface area contributed by atoms with Crippen molar-refractivity contribution < 1.29 is 49.3 Å². The van der Waals surface area contributed by atoms with Gasteiger partial charge in [0.2, 0.25) is 5.91 Å². The lowest BCUT2D eigenvalue weighted by molar-refractivity contribution is -0.302. The maximum Gasteiger partial charge on any atom is 0.305 e. The molecule has 0 aromatic heterocycles. The fourth-order valence-electron chi connectivity index (χ4n) is 12.2. The Labute approximate surface area is 543 Å². The van der Waals surface area contributed by atoms with Crippen LogP contribution in [0.5, 0.6) is 0 Å². The van der Waals surface area contributed by atoms with Gasteiger partial charge in [-0.3, -0.25) is 9.59 Å². The Balaban J connectivity index is 1.97. The Morgan fingerprint density at radius 3 is 1.15 bits per heavy atom. The number of hydrogen-bond acceptors (Lipinski definition) is 10. The van der Waals surface area contributed by atoms with E-state index < -0.39 is 49.5 Å². The molecule has 518 valence electrons. The van der Waals surface area contributed by atoms with E-state index >= 15 is 0 Å².